The molecule has 0 aromatic heterocycles. The summed E-state index contributed by atoms with van der Waals surface area (Å²) in [4.78, 5) is 0. The molecule has 0 amide bonds. The summed E-state index contributed by atoms with van der Waals surface area (Å²) in [6, 6.07) is 2.45. The number of rotatable bonds is 4. The Kier molecular flexibility index (Phi) is 4.23. The topological polar surface area (TPSA) is 0 Å². The highest BCUT2D eigenvalue weighted by molar-refractivity contribution is 6.32. The first-order valence-electron chi connectivity index (χ1n) is 5.48. The fraction of sp³-hybridized carbons (Fsp3) is 0.500. The van der Waals surface area contributed by atoms with Crippen molar-refractivity contribution < 1.29 is 17.6 Å². The van der Waals surface area contributed by atoms with Gasteiger partial charge < -0.3 is 0 Å². The first kappa shape index (κ1) is 14.1. The Bertz CT molecular complexity index is 378. The van der Waals surface area contributed by atoms with Gasteiger partial charge in [0.05, 0.1) is 0 Å². The van der Waals surface area contributed by atoms with Crippen LogP contribution >= 0.6 is 0 Å². The van der Waals surface area contributed by atoms with Crippen LogP contribution in [-0.2, 0) is 5.41 Å². The molecule has 1 aromatic carbocycles. The summed E-state index contributed by atoms with van der Waals surface area (Å²) in [6.45, 7) is 3.15. The standard InChI is InChI=1S/C12H15BF4/c1-12(2,4-3-10(16)17)11-8(14)5-7(13)6-9(11)15/h5-6,10H,3-4,13H2,1-2H3. The Morgan fingerprint density at radius 3 is 2.06 bits per heavy atom. The predicted molar refractivity (Wildman–Crippen MR) is 62.8 cm³/mol. The van der Waals surface area contributed by atoms with Gasteiger partial charge in [0.2, 0.25) is 6.43 Å². The van der Waals surface area contributed by atoms with Crippen molar-refractivity contribution in [3.8, 4) is 0 Å². The predicted octanol–water partition coefficient (Wildman–Crippen LogP) is 2.55. The maximum Gasteiger partial charge on any atom is 0.238 e. The number of halogens is 4. The van der Waals surface area contributed by atoms with Crippen molar-refractivity contribution in [3.63, 3.8) is 0 Å². The van der Waals surface area contributed by atoms with Crippen molar-refractivity contribution in [2.24, 2.45) is 0 Å². The second-order valence-corrected chi connectivity index (χ2v) is 4.92. The Labute approximate surface area is 99.4 Å². The van der Waals surface area contributed by atoms with Gasteiger partial charge in [-0.2, -0.15) is 0 Å². The average molecular weight is 246 g/mol. The van der Waals surface area contributed by atoms with Gasteiger partial charge in [0.1, 0.15) is 19.5 Å². The molecule has 0 N–H and O–H groups in total. The number of hydrogen-bond acceptors (Lipinski definition) is 0. The van der Waals surface area contributed by atoms with Crippen molar-refractivity contribution >= 4 is 13.3 Å². The lowest BCUT2D eigenvalue weighted by molar-refractivity contribution is 0.125. The Balaban J connectivity index is 3.05. The van der Waals surface area contributed by atoms with E-state index in [0.29, 0.717) is 5.46 Å². The second-order valence-electron chi connectivity index (χ2n) is 4.92. The van der Waals surface area contributed by atoms with Gasteiger partial charge in [-0.1, -0.05) is 19.3 Å². The van der Waals surface area contributed by atoms with Gasteiger partial charge in [0, 0.05) is 12.0 Å². The third-order valence-electron chi connectivity index (χ3n) is 2.85. The fourth-order valence-corrected chi connectivity index (χ4v) is 1.94. The van der Waals surface area contributed by atoms with Crippen LogP contribution in [0.25, 0.3) is 0 Å². The summed E-state index contributed by atoms with van der Waals surface area (Å²) in [5, 5.41) is 0. The molecule has 0 saturated heterocycles. The molecule has 0 radical (unpaired) electrons. The molecule has 94 valence electrons. The number of benzene rings is 1. The zero-order chi connectivity index (χ0) is 13.2. The molecule has 1 aromatic rings. The van der Waals surface area contributed by atoms with Crippen LogP contribution in [0.4, 0.5) is 17.6 Å². The van der Waals surface area contributed by atoms with E-state index in [1.54, 1.807) is 21.7 Å². The maximum atomic E-state index is 13.7. The number of hydrogen-bond donors (Lipinski definition) is 0. The molecule has 0 aliphatic rings. The van der Waals surface area contributed by atoms with E-state index in [2.05, 4.69) is 0 Å². The van der Waals surface area contributed by atoms with Crippen LogP contribution in [0.2, 0.25) is 0 Å². The second kappa shape index (κ2) is 5.11. The Hall–Kier alpha value is -0.995. The minimum Gasteiger partial charge on any atom is -0.211 e. The van der Waals surface area contributed by atoms with E-state index in [0.717, 1.165) is 0 Å². The molecule has 1 rings (SSSR count). The van der Waals surface area contributed by atoms with Gasteiger partial charge in [0.15, 0.2) is 0 Å². The van der Waals surface area contributed by atoms with Gasteiger partial charge >= 0.3 is 0 Å². The number of alkyl halides is 2. The summed E-state index contributed by atoms with van der Waals surface area (Å²) >= 11 is 0. The van der Waals surface area contributed by atoms with Gasteiger partial charge in [-0.15, -0.1) is 0 Å². The molecule has 0 bridgehead atoms. The summed E-state index contributed by atoms with van der Waals surface area (Å²) in [6.07, 6.45) is -2.77. The van der Waals surface area contributed by atoms with Gasteiger partial charge in [0.25, 0.3) is 0 Å². The molecule has 0 unspecified atom stereocenters. The van der Waals surface area contributed by atoms with Gasteiger partial charge in [-0.3, -0.25) is 0 Å². The summed E-state index contributed by atoms with van der Waals surface area (Å²) in [5.41, 5.74) is -0.560. The molecular weight excluding hydrogens is 231 g/mol. The van der Waals surface area contributed by atoms with Crippen LogP contribution in [0, 0.1) is 11.6 Å². The van der Waals surface area contributed by atoms with Crippen LogP contribution in [0.5, 0.6) is 0 Å². The molecule has 0 heterocycles. The lowest BCUT2D eigenvalue weighted by Gasteiger charge is -2.26. The fourth-order valence-electron chi connectivity index (χ4n) is 1.94. The first-order valence-corrected chi connectivity index (χ1v) is 5.48. The van der Waals surface area contributed by atoms with Crippen molar-refractivity contribution in [2.45, 2.75) is 38.5 Å². The van der Waals surface area contributed by atoms with Crippen molar-refractivity contribution in [1.82, 2.24) is 0 Å². The van der Waals surface area contributed by atoms with Crippen molar-refractivity contribution in [2.75, 3.05) is 0 Å². The summed E-state index contributed by atoms with van der Waals surface area (Å²) in [7, 11) is 1.59. The van der Waals surface area contributed by atoms with E-state index in [1.807, 2.05) is 0 Å². The highest BCUT2D eigenvalue weighted by Crippen LogP contribution is 2.32. The molecule has 0 saturated carbocycles. The summed E-state index contributed by atoms with van der Waals surface area (Å²) < 4.78 is 51.7. The van der Waals surface area contributed by atoms with E-state index in [4.69, 9.17) is 0 Å². The third kappa shape index (κ3) is 3.48. The highest BCUT2D eigenvalue weighted by Gasteiger charge is 2.28. The molecule has 0 aliphatic carbocycles. The third-order valence-corrected chi connectivity index (χ3v) is 2.85. The minimum atomic E-state index is -2.45. The van der Waals surface area contributed by atoms with Crippen LogP contribution in [0.1, 0.15) is 32.3 Å². The molecule has 0 fully saturated rings. The average Bonchev–Trinajstić information content (AvgIpc) is 2.12. The molecule has 17 heavy (non-hydrogen) atoms. The molecule has 0 atom stereocenters. The Morgan fingerprint density at radius 2 is 1.65 bits per heavy atom. The van der Waals surface area contributed by atoms with E-state index >= 15 is 0 Å². The zero-order valence-electron chi connectivity index (χ0n) is 10.2. The Morgan fingerprint density at radius 1 is 1.18 bits per heavy atom. The maximum absolute atomic E-state index is 13.7. The van der Waals surface area contributed by atoms with Crippen LogP contribution < -0.4 is 5.46 Å². The smallest absolute Gasteiger partial charge is 0.211 e. The quantitative estimate of drug-likeness (QED) is 0.565. The van der Waals surface area contributed by atoms with E-state index < -0.39 is 23.5 Å². The van der Waals surface area contributed by atoms with Crippen LogP contribution in [0.3, 0.4) is 0 Å². The zero-order valence-corrected chi connectivity index (χ0v) is 10.2. The lowest BCUT2D eigenvalue weighted by Crippen LogP contribution is -2.24. The van der Waals surface area contributed by atoms with E-state index in [9.17, 15) is 17.6 Å². The molecular formula is C12H15BF4. The lowest BCUT2D eigenvalue weighted by atomic mass is 9.78. The molecule has 0 spiro atoms. The first-order chi connectivity index (χ1) is 7.74. The van der Waals surface area contributed by atoms with Crippen molar-refractivity contribution in [1.29, 1.82) is 0 Å². The monoisotopic (exact) mass is 246 g/mol. The molecule has 5 heteroatoms. The SMILES string of the molecule is Bc1cc(F)c(C(C)(C)CCC(F)F)c(F)c1. The molecule has 0 nitrogen and oxygen atoms in total. The van der Waals surface area contributed by atoms with E-state index in [1.165, 1.54) is 12.1 Å². The largest absolute Gasteiger partial charge is 0.238 e. The van der Waals surface area contributed by atoms with E-state index in [-0.39, 0.29) is 18.4 Å². The van der Waals surface area contributed by atoms with Crippen LogP contribution in [0.15, 0.2) is 12.1 Å². The highest BCUT2D eigenvalue weighted by atomic mass is 19.3. The van der Waals surface area contributed by atoms with Crippen LogP contribution in [-0.4, -0.2) is 14.3 Å². The normalized spacial score (nSPS) is 12.2. The summed E-state index contributed by atoms with van der Waals surface area (Å²) in [5.74, 6) is -1.33. The van der Waals surface area contributed by atoms with Gasteiger partial charge in [-0.05, 0) is 24.0 Å². The van der Waals surface area contributed by atoms with Gasteiger partial charge in [-0.25, -0.2) is 17.6 Å². The van der Waals surface area contributed by atoms with Crippen molar-refractivity contribution in [3.05, 3.63) is 29.3 Å². The molecule has 0 aliphatic heterocycles. The minimum absolute atomic E-state index is 0.0432.